The number of ether oxygens (including phenoxy) is 1. The first-order valence-corrected chi connectivity index (χ1v) is 6.42. The minimum Gasteiger partial charge on any atom is -0.465 e. The summed E-state index contributed by atoms with van der Waals surface area (Å²) < 4.78 is 4.65. The Hall–Kier alpha value is -0.870. The average molecular weight is 320 g/mol. The van der Waals surface area contributed by atoms with E-state index < -0.39 is 5.97 Å². The zero-order valence-corrected chi connectivity index (χ0v) is 11.8. The highest BCUT2D eigenvalue weighted by atomic mass is 79.9. The van der Waals surface area contributed by atoms with Crippen LogP contribution in [0.4, 0.5) is 0 Å². The number of hydrogen-bond acceptors (Lipinski definition) is 3. The number of esters is 1. The summed E-state index contributed by atoms with van der Waals surface area (Å²) in [5, 5.41) is 0. The number of benzene rings is 1. The summed E-state index contributed by atoms with van der Waals surface area (Å²) in [6.45, 7) is 1.73. The number of carbonyl (C=O) groups is 2. The lowest BCUT2D eigenvalue weighted by atomic mass is 9.98. The van der Waals surface area contributed by atoms with Crippen molar-refractivity contribution in [2.24, 2.45) is 0 Å². The van der Waals surface area contributed by atoms with E-state index in [0.717, 1.165) is 0 Å². The molecule has 1 aromatic rings. The molecule has 0 aromatic heterocycles. The molecule has 17 heavy (non-hydrogen) atoms. The topological polar surface area (TPSA) is 43.4 Å². The van der Waals surface area contributed by atoms with Crippen LogP contribution in [0, 0.1) is 0 Å². The third kappa shape index (κ3) is 3.07. The number of carbonyl (C=O) groups excluding carboxylic acids is 2. The van der Waals surface area contributed by atoms with Crippen molar-refractivity contribution in [1.29, 1.82) is 0 Å². The Morgan fingerprint density at radius 3 is 2.47 bits per heavy atom. The van der Waals surface area contributed by atoms with Crippen molar-refractivity contribution < 1.29 is 14.3 Å². The highest BCUT2D eigenvalue weighted by Crippen LogP contribution is 2.21. The Morgan fingerprint density at radius 2 is 2.00 bits per heavy atom. The fraction of sp³-hybridized carbons (Fsp3) is 0.333. The highest BCUT2D eigenvalue weighted by molar-refractivity contribution is 9.10. The fourth-order valence-corrected chi connectivity index (χ4v) is 2.01. The molecule has 0 saturated heterocycles. The summed E-state index contributed by atoms with van der Waals surface area (Å²) in [5.74, 6) is -0.504. The lowest BCUT2D eigenvalue weighted by Crippen LogP contribution is -2.15. The normalized spacial score (nSPS) is 12.0. The Balaban J connectivity index is 3.33. The highest BCUT2D eigenvalue weighted by Gasteiger charge is 2.20. The van der Waals surface area contributed by atoms with Gasteiger partial charge in [-0.05, 0) is 18.6 Å². The molecule has 1 atom stereocenters. The summed E-state index contributed by atoms with van der Waals surface area (Å²) in [7, 11) is 1.29. The third-order valence-electron chi connectivity index (χ3n) is 2.34. The summed E-state index contributed by atoms with van der Waals surface area (Å²) >= 11 is 9.02. The maximum atomic E-state index is 11.9. The van der Waals surface area contributed by atoms with Gasteiger partial charge in [0.25, 0.3) is 0 Å². The molecule has 0 spiro atoms. The lowest BCUT2D eigenvalue weighted by Gasteiger charge is -2.11. The van der Waals surface area contributed by atoms with Crippen molar-refractivity contribution in [1.82, 2.24) is 0 Å². The van der Waals surface area contributed by atoms with Gasteiger partial charge in [0, 0.05) is 11.4 Å². The van der Waals surface area contributed by atoms with Gasteiger partial charge in [0.2, 0.25) is 0 Å². The van der Waals surface area contributed by atoms with Gasteiger partial charge >= 0.3 is 5.97 Å². The molecule has 1 aromatic carbocycles. The maximum absolute atomic E-state index is 11.9. The molecule has 0 heterocycles. The molecule has 0 saturated carbocycles. The number of hydrogen-bond donors (Lipinski definition) is 0. The molecule has 92 valence electrons. The van der Waals surface area contributed by atoms with Crippen LogP contribution in [0.2, 0.25) is 0 Å². The van der Waals surface area contributed by atoms with E-state index >= 15 is 0 Å². The number of rotatable bonds is 4. The first-order chi connectivity index (χ1) is 8.02. The van der Waals surface area contributed by atoms with E-state index in [1.807, 2.05) is 0 Å². The molecule has 0 aliphatic heterocycles. The van der Waals surface area contributed by atoms with Crippen LogP contribution in [0.15, 0.2) is 18.2 Å². The third-order valence-corrected chi connectivity index (χ3v) is 3.02. The Kier molecular flexibility index (Phi) is 5.15. The Bertz CT molecular complexity index is 443. The van der Waals surface area contributed by atoms with Crippen LogP contribution in [0.25, 0.3) is 0 Å². The van der Waals surface area contributed by atoms with E-state index in [1.54, 1.807) is 25.1 Å². The molecular weight excluding hydrogens is 307 g/mol. The average Bonchev–Trinajstić information content (AvgIpc) is 2.35. The number of alkyl halides is 2. The number of ketones is 1. The summed E-state index contributed by atoms with van der Waals surface area (Å²) in [6, 6.07) is 4.90. The molecule has 5 heteroatoms. The monoisotopic (exact) mass is 318 g/mol. The minimum atomic E-state index is -0.488. The molecule has 0 N–H and O–H groups in total. The van der Waals surface area contributed by atoms with Gasteiger partial charge in [-0.1, -0.05) is 28.1 Å². The van der Waals surface area contributed by atoms with E-state index in [4.69, 9.17) is 11.6 Å². The molecule has 0 bridgehead atoms. The van der Waals surface area contributed by atoms with Gasteiger partial charge in [-0.15, -0.1) is 11.6 Å². The van der Waals surface area contributed by atoms with E-state index in [1.165, 1.54) is 7.11 Å². The van der Waals surface area contributed by atoms with Crippen LogP contribution < -0.4 is 0 Å². The molecule has 0 aliphatic rings. The fourth-order valence-electron chi connectivity index (χ4n) is 1.48. The van der Waals surface area contributed by atoms with Gasteiger partial charge in [-0.2, -0.15) is 0 Å². The van der Waals surface area contributed by atoms with E-state index in [0.29, 0.717) is 16.7 Å². The molecule has 0 radical (unpaired) electrons. The van der Waals surface area contributed by atoms with E-state index in [9.17, 15) is 9.59 Å². The molecule has 1 rings (SSSR count). The zero-order chi connectivity index (χ0) is 13.0. The molecular formula is C12H12BrClO3. The van der Waals surface area contributed by atoms with Crippen molar-refractivity contribution in [3.8, 4) is 0 Å². The minimum absolute atomic E-state index is 0.0894. The second-order valence-corrected chi connectivity index (χ2v) is 5.08. The Morgan fingerprint density at radius 1 is 1.41 bits per heavy atom. The lowest BCUT2D eigenvalue weighted by molar-refractivity contribution is 0.0600. The largest absolute Gasteiger partial charge is 0.465 e. The van der Waals surface area contributed by atoms with Gasteiger partial charge in [-0.3, -0.25) is 4.79 Å². The Labute approximate surface area is 113 Å². The number of Topliss-reactive ketones (excluding diaryl/α,β-unsaturated/α-hetero) is 1. The van der Waals surface area contributed by atoms with Crippen molar-refractivity contribution >= 4 is 39.3 Å². The van der Waals surface area contributed by atoms with Crippen LogP contribution in [-0.4, -0.2) is 23.7 Å². The molecule has 0 amide bonds. The van der Waals surface area contributed by atoms with Crippen molar-refractivity contribution in [2.45, 2.75) is 17.6 Å². The smallest absolute Gasteiger partial charge is 0.338 e. The first-order valence-electron chi connectivity index (χ1n) is 4.97. The van der Waals surface area contributed by atoms with Crippen LogP contribution in [0.5, 0.6) is 0 Å². The van der Waals surface area contributed by atoms with Gasteiger partial charge in [0.05, 0.1) is 17.5 Å². The van der Waals surface area contributed by atoms with E-state index in [-0.39, 0.29) is 16.5 Å². The van der Waals surface area contributed by atoms with Crippen molar-refractivity contribution in [3.63, 3.8) is 0 Å². The van der Waals surface area contributed by atoms with Gasteiger partial charge < -0.3 is 4.74 Å². The van der Waals surface area contributed by atoms with Crippen LogP contribution in [0.1, 0.15) is 33.2 Å². The number of halogens is 2. The van der Waals surface area contributed by atoms with Crippen molar-refractivity contribution in [2.75, 3.05) is 7.11 Å². The van der Waals surface area contributed by atoms with Crippen molar-refractivity contribution in [3.05, 3.63) is 34.9 Å². The zero-order valence-electron chi connectivity index (χ0n) is 9.50. The second-order valence-electron chi connectivity index (χ2n) is 3.44. The van der Waals surface area contributed by atoms with Gasteiger partial charge in [0.15, 0.2) is 5.78 Å². The summed E-state index contributed by atoms with van der Waals surface area (Å²) in [6.07, 6.45) is 0. The first kappa shape index (κ1) is 14.2. The van der Waals surface area contributed by atoms with Crippen LogP contribution in [0.3, 0.4) is 0 Å². The quantitative estimate of drug-likeness (QED) is 0.486. The molecule has 1 unspecified atom stereocenters. The van der Waals surface area contributed by atoms with E-state index in [2.05, 4.69) is 20.7 Å². The summed E-state index contributed by atoms with van der Waals surface area (Å²) in [5.41, 5.74) is 1.30. The standard InChI is InChI=1S/C12H12BrClO3/c1-7(13)11(15)8-4-3-5-9(10(8)6-14)12(16)17-2/h3-5,7H,6H2,1-2H3. The van der Waals surface area contributed by atoms with Crippen LogP contribution >= 0.6 is 27.5 Å². The van der Waals surface area contributed by atoms with Crippen LogP contribution in [-0.2, 0) is 10.6 Å². The SMILES string of the molecule is COC(=O)c1cccc(C(=O)C(C)Br)c1CCl. The second kappa shape index (κ2) is 6.17. The van der Waals surface area contributed by atoms with Gasteiger partial charge in [0.1, 0.15) is 0 Å². The predicted molar refractivity (Wildman–Crippen MR) is 70.1 cm³/mol. The molecule has 3 nitrogen and oxygen atoms in total. The maximum Gasteiger partial charge on any atom is 0.338 e. The molecule has 0 fully saturated rings. The molecule has 0 aliphatic carbocycles. The predicted octanol–water partition coefficient (Wildman–Crippen LogP) is 3.18. The summed E-state index contributed by atoms with van der Waals surface area (Å²) in [4.78, 5) is 23.1. The number of methoxy groups -OCH3 is 1. The van der Waals surface area contributed by atoms with Gasteiger partial charge in [-0.25, -0.2) is 4.79 Å².